The molecule has 2 aliphatic carbocycles. The average Bonchev–Trinajstić information content (AvgIpc) is 3.28. The maximum atomic E-state index is 12.2. The summed E-state index contributed by atoms with van der Waals surface area (Å²) in [5.74, 6) is 2.22. The van der Waals surface area contributed by atoms with Crippen molar-refractivity contribution >= 4 is 16.9 Å². The molecule has 2 bridgehead atoms. The van der Waals surface area contributed by atoms with Crippen LogP contribution in [-0.2, 0) is 4.79 Å². The highest BCUT2D eigenvalue weighted by Gasteiger charge is 2.42. The Labute approximate surface area is 135 Å². The molecule has 4 atom stereocenters. The van der Waals surface area contributed by atoms with Crippen LogP contribution >= 0.6 is 0 Å². The van der Waals surface area contributed by atoms with Crippen LogP contribution in [0.25, 0.3) is 11.0 Å². The van der Waals surface area contributed by atoms with Gasteiger partial charge >= 0.3 is 0 Å². The van der Waals surface area contributed by atoms with Crippen LogP contribution < -0.4 is 10.2 Å². The summed E-state index contributed by atoms with van der Waals surface area (Å²) in [5.41, 5.74) is 1.52. The molecule has 122 valence electrons. The van der Waals surface area contributed by atoms with Crippen LogP contribution in [-0.4, -0.2) is 33.7 Å². The third-order valence-electron chi connectivity index (χ3n) is 5.46. The molecule has 2 aromatic rings. The molecule has 6 nitrogen and oxygen atoms in total. The topological polar surface area (TPSA) is 69.0 Å². The summed E-state index contributed by atoms with van der Waals surface area (Å²) in [6, 6.07) is 7.73. The molecule has 4 rings (SSSR count). The summed E-state index contributed by atoms with van der Waals surface area (Å²) in [5, 5.41) is 11.0. The Morgan fingerprint density at radius 2 is 2.26 bits per heavy atom. The van der Waals surface area contributed by atoms with E-state index in [1.807, 2.05) is 24.3 Å². The molecule has 1 aromatic heterocycles. The van der Waals surface area contributed by atoms with Crippen molar-refractivity contribution < 1.29 is 9.63 Å². The Kier molecular flexibility index (Phi) is 3.67. The van der Waals surface area contributed by atoms with Gasteiger partial charge in [0.25, 0.3) is 5.91 Å². The van der Waals surface area contributed by atoms with Gasteiger partial charge in [0.1, 0.15) is 11.0 Å². The van der Waals surface area contributed by atoms with Crippen molar-refractivity contribution in [1.82, 2.24) is 20.5 Å². The zero-order chi connectivity index (χ0) is 15.8. The fraction of sp³-hybridized carbons (Fsp3) is 0.588. The second kappa shape index (κ2) is 5.83. The smallest absolute Gasteiger partial charge is 0.260 e. The number of aromatic nitrogens is 3. The number of carbonyl (C=O) groups is 1. The predicted octanol–water partition coefficient (Wildman–Crippen LogP) is 1.80. The Bertz CT molecular complexity index is 713. The Hall–Kier alpha value is -2.11. The molecule has 23 heavy (non-hydrogen) atoms. The van der Waals surface area contributed by atoms with E-state index in [2.05, 4.69) is 22.6 Å². The van der Waals surface area contributed by atoms with Crippen molar-refractivity contribution in [2.45, 2.75) is 38.6 Å². The third kappa shape index (κ3) is 2.78. The minimum absolute atomic E-state index is 0.0431. The summed E-state index contributed by atoms with van der Waals surface area (Å²) in [6.45, 7) is 2.08. The van der Waals surface area contributed by atoms with E-state index in [1.54, 1.807) is 0 Å². The Morgan fingerprint density at radius 3 is 3.04 bits per heavy atom. The SMILES string of the molecule is C[C@H](NC(=O)COn1nnc2ccccc21)[C@@H]1C[C@@H]2CC[C@@H]1C2. The summed E-state index contributed by atoms with van der Waals surface area (Å²) < 4.78 is 0. The van der Waals surface area contributed by atoms with Crippen molar-refractivity contribution in [3.8, 4) is 0 Å². The highest BCUT2D eigenvalue weighted by atomic mass is 16.7. The van der Waals surface area contributed by atoms with E-state index in [0.717, 1.165) is 22.9 Å². The number of nitrogens with zero attached hydrogens (tertiary/aromatic N) is 3. The van der Waals surface area contributed by atoms with Crippen molar-refractivity contribution in [3.63, 3.8) is 0 Å². The number of rotatable bonds is 5. The number of hydrogen-bond acceptors (Lipinski definition) is 4. The van der Waals surface area contributed by atoms with E-state index in [-0.39, 0.29) is 18.6 Å². The Morgan fingerprint density at radius 1 is 1.39 bits per heavy atom. The monoisotopic (exact) mass is 314 g/mol. The molecule has 1 N–H and O–H groups in total. The van der Waals surface area contributed by atoms with E-state index in [0.29, 0.717) is 5.92 Å². The zero-order valence-corrected chi connectivity index (χ0v) is 13.3. The molecule has 1 aromatic carbocycles. The molecule has 0 saturated heterocycles. The van der Waals surface area contributed by atoms with Crippen molar-refractivity contribution in [1.29, 1.82) is 0 Å². The number of para-hydroxylation sites is 1. The first-order valence-corrected chi connectivity index (χ1v) is 8.44. The summed E-state index contributed by atoms with van der Waals surface area (Å²) in [6.07, 6.45) is 5.33. The average molecular weight is 314 g/mol. The second-order valence-corrected chi connectivity index (χ2v) is 6.92. The van der Waals surface area contributed by atoms with Gasteiger partial charge in [-0.3, -0.25) is 4.79 Å². The molecular formula is C17H22N4O2. The number of fused-ring (bicyclic) bond motifs is 3. The molecule has 2 saturated carbocycles. The van der Waals surface area contributed by atoms with Crippen LogP contribution in [0.2, 0.25) is 0 Å². The zero-order valence-electron chi connectivity index (χ0n) is 13.3. The highest BCUT2D eigenvalue weighted by Crippen LogP contribution is 2.49. The number of nitrogens with one attached hydrogen (secondary N) is 1. The quantitative estimate of drug-likeness (QED) is 0.914. The first-order valence-electron chi connectivity index (χ1n) is 8.44. The van der Waals surface area contributed by atoms with Gasteiger partial charge in [0.15, 0.2) is 6.61 Å². The van der Waals surface area contributed by atoms with Crippen LogP contribution in [0, 0.1) is 17.8 Å². The lowest BCUT2D eigenvalue weighted by atomic mass is 9.84. The fourth-order valence-electron chi connectivity index (χ4n) is 4.37. The lowest BCUT2D eigenvalue weighted by Gasteiger charge is -2.28. The minimum atomic E-state index is -0.0974. The predicted molar refractivity (Wildman–Crippen MR) is 85.5 cm³/mol. The van der Waals surface area contributed by atoms with E-state index in [9.17, 15) is 4.79 Å². The van der Waals surface area contributed by atoms with Gasteiger partial charge < -0.3 is 10.2 Å². The molecule has 0 radical (unpaired) electrons. The van der Waals surface area contributed by atoms with Gasteiger partial charge in [-0.1, -0.05) is 23.4 Å². The molecule has 0 unspecified atom stereocenters. The molecule has 2 aliphatic rings. The summed E-state index contributed by atoms with van der Waals surface area (Å²) >= 11 is 0. The van der Waals surface area contributed by atoms with Crippen LogP contribution in [0.15, 0.2) is 24.3 Å². The summed E-state index contributed by atoms with van der Waals surface area (Å²) in [7, 11) is 0. The molecule has 0 spiro atoms. The standard InChI is InChI=1S/C17H22N4O2/c1-11(14-9-12-6-7-13(14)8-12)18-17(22)10-23-21-16-5-3-2-4-15(16)19-20-21/h2-5,11-14H,6-10H2,1H3,(H,18,22)/t11-,12+,13+,14-/m0/s1. The normalized spacial score (nSPS) is 27.3. The third-order valence-corrected chi connectivity index (χ3v) is 5.46. The van der Waals surface area contributed by atoms with Gasteiger partial charge in [-0.25, -0.2) is 0 Å². The molecule has 1 heterocycles. The number of carbonyl (C=O) groups excluding carboxylic acids is 1. The molecular weight excluding hydrogens is 292 g/mol. The van der Waals surface area contributed by atoms with E-state index in [1.165, 1.54) is 30.5 Å². The first kappa shape index (κ1) is 14.5. The van der Waals surface area contributed by atoms with Crippen molar-refractivity contribution in [2.24, 2.45) is 17.8 Å². The maximum absolute atomic E-state index is 12.2. The van der Waals surface area contributed by atoms with Gasteiger partial charge in [-0.15, -0.1) is 5.10 Å². The van der Waals surface area contributed by atoms with Gasteiger partial charge in [-0.05, 0) is 61.3 Å². The van der Waals surface area contributed by atoms with Gasteiger partial charge in [0.2, 0.25) is 0 Å². The van der Waals surface area contributed by atoms with Crippen LogP contribution in [0.3, 0.4) is 0 Å². The molecule has 2 fully saturated rings. The number of hydrogen-bond donors (Lipinski definition) is 1. The fourth-order valence-corrected chi connectivity index (χ4v) is 4.37. The van der Waals surface area contributed by atoms with Gasteiger partial charge in [0.05, 0.1) is 0 Å². The molecule has 0 aliphatic heterocycles. The number of benzene rings is 1. The van der Waals surface area contributed by atoms with E-state index >= 15 is 0 Å². The number of amides is 1. The second-order valence-electron chi connectivity index (χ2n) is 6.92. The van der Waals surface area contributed by atoms with Gasteiger partial charge in [0, 0.05) is 6.04 Å². The largest absolute Gasteiger partial charge is 0.385 e. The lowest BCUT2D eigenvalue weighted by molar-refractivity contribution is -0.127. The summed E-state index contributed by atoms with van der Waals surface area (Å²) in [4.78, 5) is 18.9. The highest BCUT2D eigenvalue weighted by molar-refractivity contribution is 5.78. The Balaban J connectivity index is 1.32. The van der Waals surface area contributed by atoms with Crippen LogP contribution in [0.1, 0.15) is 32.6 Å². The van der Waals surface area contributed by atoms with Crippen molar-refractivity contribution in [3.05, 3.63) is 24.3 Å². The van der Waals surface area contributed by atoms with Gasteiger partial charge in [-0.2, -0.15) is 0 Å². The minimum Gasteiger partial charge on any atom is -0.385 e. The molecule has 6 heteroatoms. The van der Waals surface area contributed by atoms with E-state index in [4.69, 9.17) is 4.84 Å². The lowest BCUT2D eigenvalue weighted by Crippen LogP contribution is -2.43. The van der Waals surface area contributed by atoms with Crippen LogP contribution in [0.5, 0.6) is 0 Å². The van der Waals surface area contributed by atoms with Crippen LogP contribution in [0.4, 0.5) is 0 Å². The maximum Gasteiger partial charge on any atom is 0.260 e. The molecule has 1 amide bonds. The van der Waals surface area contributed by atoms with Crippen molar-refractivity contribution in [2.75, 3.05) is 6.61 Å². The first-order chi connectivity index (χ1) is 11.2. The van der Waals surface area contributed by atoms with E-state index < -0.39 is 0 Å².